The van der Waals surface area contributed by atoms with Crippen molar-refractivity contribution < 1.29 is 9.84 Å². The Labute approximate surface area is 122 Å². The number of aliphatic hydroxyl groups is 1. The number of ether oxygens (including phenoxy) is 1. The molecule has 1 N–H and O–H groups in total. The summed E-state index contributed by atoms with van der Waals surface area (Å²) in [5.41, 5.74) is 1.82. The van der Waals surface area contributed by atoms with Crippen LogP contribution in [0, 0.1) is 0 Å². The second kappa shape index (κ2) is 6.29. The van der Waals surface area contributed by atoms with Crippen LogP contribution in [0.15, 0.2) is 42.5 Å². The molecular weight excluding hydrogens is 283 g/mol. The summed E-state index contributed by atoms with van der Waals surface area (Å²) >= 11 is 11.8. The number of aliphatic hydroxyl groups excluding tert-OH is 1. The van der Waals surface area contributed by atoms with E-state index < -0.39 is 6.10 Å². The Morgan fingerprint density at radius 1 is 1.05 bits per heavy atom. The van der Waals surface area contributed by atoms with Crippen molar-refractivity contribution in [2.45, 2.75) is 19.6 Å². The van der Waals surface area contributed by atoms with Crippen molar-refractivity contribution in [3.05, 3.63) is 63.6 Å². The number of rotatable bonds is 4. The van der Waals surface area contributed by atoms with Crippen LogP contribution in [0.4, 0.5) is 0 Å². The first-order chi connectivity index (χ1) is 9.06. The Bertz CT molecular complexity index is 551. The largest absolute Gasteiger partial charge is 0.489 e. The van der Waals surface area contributed by atoms with E-state index in [0.717, 1.165) is 16.9 Å². The summed E-state index contributed by atoms with van der Waals surface area (Å²) < 4.78 is 5.64. The molecule has 2 aromatic carbocycles. The standard InChI is InChI=1S/C15H14Cl2O2/c1-10(18)12-3-5-13(6-4-12)19-9-11-2-7-14(16)15(17)8-11/h2-8,10,18H,9H2,1H3. The molecule has 0 aromatic heterocycles. The number of hydrogen-bond acceptors (Lipinski definition) is 2. The van der Waals surface area contributed by atoms with E-state index in [1.165, 1.54) is 0 Å². The summed E-state index contributed by atoms with van der Waals surface area (Å²) in [5.74, 6) is 0.746. The zero-order valence-electron chi connectivity index (χ0n) is 10.4. The lowest BCUT2D eigenvalue weighted by Crippen LogP contribution is -1.96. The molecule has 0 radical (unpaired) electrons. The minimum Gasteiger partial charge on any atom is -0.489 e. The number of benzene rings is 2. The van der Waals surface area contributed by atoms with Crippen LogP contribution in [0.1, 0.15) is 24.2 Å². The molecule has 0 amide bonds. The highest BCUT2D eigenvalue weighted by molar-refractivity contribution is 6.42. The lowest BCUT2D eigenvalue weighted by molar-refractivity contribution is 0.199. The van der Waals surface area contributed by atoms with Gasteiger partial charge in [-0.3, -0.25) is 0 Å². The highest BCUT2D eigenvalue weighted by atomic mass is 35.5. The maximum absolute atomic E-state index is 9.41. The zero-order chi connectivity index (χ0) is 13.8. The van der Waals surface area contributed by atoms with Crippen LogP contribution in [-0.2, 0) is 6.61 Å². The van der Waals surface area contributed by atoms with Gasteiger partial charge in [-0.25, -0.2) is 0 Å². The van der Waals surface area contributed by atoms with Crippen molar-refractivity contribution in [1.82, 2.24) is 0 Å². The normalized spacial score (nSPS) is 12.2. The van der Waals surface area contributed by atoms with Crippen molar-refractivity contribution in [3.8, 4) is 5.75 Å². The number of halogens is 2. The average molecular weight is 297 g/mol. The second-order valence-electron chi connectivity index (χ2n) is 4.28. The first-order valence-electron chi connectivity index (χ1n) is 5.91. The molecule has 2 nitrogen and oxygen atoms in total. The first-order valence-corrected chi connectivity index (χ1v) is 6.66. The summed E-state index contributed by atoms with van der Waals surface area (Å²) in [6, 6.07) is 12.8. The molecule has 1 unspecified atom stereocenters. The van der Waals surface area contributed by atoms with Gasteiger partial charge in [0.2, 0.25) is 0 Å². The second-order valence-corrected chi connectivity index (χ2v) is 5.10. The van der Waals surface area contributed by atoms with Gasteiger partial charge in [0.25, 0.3) is 0 Å². The van der Waals surface area contributed by atoms with Gasteiger partial charge in [-0.05, 0) is 42.3 Å². The molecule has 100 valence electrons. The van der Waals surface area contributed by atoms with Crippen LogP contribution in [0.25, 0.3) is 0 Å². The van der Waals surface area contributed by atoms with Crippen molar-refractivity contribution in [2.75, 3.05) is 0 Å². The Kier molecular flexibility index (Phi) is 4.70. The molecule has 0 fully saturated rings. The van der Waals surface area contributed by atoms with Gasteiger partial charge in [-0.1, -0.05) is 41.4 Å². The summed E-state index contributed by atoms with van der Waals surface area (Å²) in [7, 11) is 0. The third-order valence-electron chi connectivity index (χ3n) is 2.75. The molecule has 2 rings (SSSR count). The van der Waals surface area contributed by atoms with Crippen LogP contribution in [-0.4, -0.2) is 5.11 Å². The van der Waals surface area contributed by atoms with Gasteiger partial charge < -0.3 is 9.84 Å². The van der Waals surface area contributed by atoms with Crippen molar-refractivity contribution in [2.24, 2.45) is 0 Å². The predicted molar refractivity (Wildman–Crippen MR) is 77.9 cm³/mol. The van der Waals surface area contributed by atoms with Crippen molar-refractivity contribution in [1.29, 1.82) is 0 Å². The monoisotopic (exact) mass is 296 g/mol. The van der Waals surface area contributed by atoms with Gasteiger partial charge in [0.15, 0.2) is 0 Å². The Hall–Kier alpha value is -1.22. The Balaban J connectivity index is 2.00. The quantitative estimate of drug-likeness (QED) is 0.891. The van der Waals surface area contributed by atoms with Gasteiger partial charge in [-0.2, -0.15) is 0 Å². The predicted octanol–water partition coefficient (Wildman–Crippen LogP) is 4.63. The lowest BCUT2D eigenvalue weighted by Gasteiger charge is -2.09. The summed E-state index contributed by atoms with van der Waals surface area (Å²) in [4.78, 5) is 0. The van der Waals surface area contributed by atoms with E-state index in [1.807, 2.05) is 30.3 Å². The smallest absolute Gasteiger partial charge is 0.119 e. The highest BCUT2D eigenvalue weighted by Crippen LogP contribution is 2.24. The molecular formula is C15H14Cl2O2. The minimum atomic E-state index is -0.468. The fourth-order valence-corrected chi connectivity index (χ4v) is 1.96. The van der Waals surface area contributed by atoms with Gasteiger partial charge in [-0.15, -0.1) is 0 Å². The highest BCUT2D eigenvalue weighted by Gasteiger charge is 2.03. The average Bonchev–Trinajstić information content (AvgIpc) is 2.40. The van der Waals surface area contributed by atoms with Crippen LogP contribution in [0.5, 0.6) is 5.75 Å². The molecule has 0 saturated carbocycles. The maximum Gasteiger partial charge on any atom is 0.119 e. The van der Waals surface area contributed by atoms with Crippen LogP contribution in [0.3, 0.4) is 0 Å². The molecule has 0 heterocycles. The third-order valence-corrected chi connectivity index (χ3v) is 3.49. The van der Waals surface area contributed by atoms with E-state index in [-0.39, 0.29) is 0 Å². The molecule has 0 bridgehead atoms. The SMILES string of the molecule is CC(O)c1ccc(OCc2ccc(Cl)c(Cl)c2)cc1. The minimum absolute atomic E-state index is 0.422. The summed E-state index contributed by atoms with van der Waals surface area (Å²) in [6.07, 6.45) is -0.468. The molecule has 0 aliphatic rings. The van der Waals surface area contributed by atoms with E-state index in [9.17, 15) is 5.11 Å². The summed E-state index contributed by atoms with van der Waals surface area (Å²) in [6.45, 7) is 2.15. The molecule has 1 atom stereocenters. The summed E-state index contributed by atoms with van der Waals surface area (Å²) in [5, 5.41) is 10.5. The lowest BCUT2D eigenvalue weighted by atomic mass is 10.1. The van der Waals surface area contributed by atoms with Gasteiger partial charge in [0.05, 0.1) is 16.1 Å². The van der Waals surface area contributed by atoms with Crippen LogP contribution >= 0.6 is 23.2 Å². The molecule has 19 heavy (non-hydrogen) atoms. The molecule has 0 aliphatic carbocycles. The number of hydrogen-bond donors (Lipinski definition) is 1. The molecule has 0 saturated heterocycles. The van der Waals surface area contributed by atoms with Crippen LogP contribution in [0.2, 0.25) is 10.0 Å². The van der Waals surface area contributed by atoms with Crippen molar-refractivity contribution in [3.63, 3.8) is 0 Å². The van der Waals surface area contributed by atoms with E-state index in [1.54, 1.807) is 19.1 Å². The molecule has 2 aromatic rings. The van der Waals surface area contributed by atoms with E-state index >= 15 is 0 Å². The van der Waals surface area contributed by atoms with Gasteiger partial charge >= 0.3 is 0 Å². The van der Waals surface area contributed by atoms with E-state index in [0.29, 0.717) is 16.7 Å². The molecule has 0 spiro atoms. The third kappa shape index (κ3) is 3.87. The van der Waals surface area contributed by atoms with E-state index in [4.69, 9.17) is 27.9 Å². The van der Waals surface area contributed by atoms with Crippen LogP contribution < -0.4 is 4.74 Å². The van der Waals surface area contributed by atoms with Gasteiger partial charge in [0, 0.05) is 0 Å². The topological polar surface area (TPSA) is 29.5 Å². The fourth-order valence-electron chi connectivity index (χ4n) is 1.64. The maximum atomic E-state index is 9.41. The molecule has 0 aliphatic heterocycles. The zero-order valence-corrected chi connectivity index (χ0v) is 11.9. The fraction of sp³-hybridized carbons (Fsp3) is 0.200. The van der Waals surface area contributed by atoms with E-state index in [2.05, 4.69) is 0 Å². The first kappa shape index (κ1) is 14.2. The van der Waals surface area contributed by atoms with Gasteiger partial charge in [0.1, 0.15) is 12.4 Å². The van der Waals surface area contributed by atoms with Crippen molar-refractivity contribution >= 4 is 23.2 Å². The molecule has 4 heteroatoms. The Morgan fingerprint density at radius 3 is 2.32 bits per heavy atom. The Morgan fingerprint density at radius 2 is 1.74 bits per heavy atom.